The topological polar surface area (TPSA) is 28.2 Å². The van der Waals surface area contributed by atoms with E-state index in [1.165, 1.54) is 0 Å². The van der Waals surface area contributed by atoms with Gasteiger partial charge in [-0.1, -0.05) is 5.92 Å². The fraction of sp³-hybridized carbons (Fsp3) is 0.417. The first-order valence-electron chi connectivity index (χ1n) is 5.21. The van der Waals surface area contributed by atoms with Gasteiger partial charge in [0.25, 0.3) is 0 Å². The van der Waals surface area contributed by atoms with Gasteiger partial charge in [0.1, 0.15) is 5.82 Å². The Labute approximate surface area is 90.5 Å². The molecule has 0 radical (unpaired) electrons. The van der Waals surface area contributed by atoms with Gasteiger partial charge in [0.2, 0.25) is 0 Å². The lowest BCUT2D eigenvalue weighted by Gasteiger charge is -2.21. The van der Waals surface area contributed by atoms with E-state index in [1.807, 2.05) is 25.4 Å². The average molecular weight is 201 g/mol. The van der Waals surface area contributed by atoms with E-state index >= 15 is 0 Å². The molecule has 1 saturated heterocycles. The molecule has 1 fully saturated rings. The molecular weight excluding hydrogens is 186 g/mol. The van der Waals surface area contributed by atoms with E-state index in [0.29, 0.717) is 0 Å². The molecule has 1 aromatic rings. The zero-order valence-corrected chi connectivity index (χ0v) is 8.90. The Bertz CT molecular complexity index is 363. The molecule has 2 heterocycles. The molecule has 0 amide bonds. The highest BCUT2D eigenvalue weighted by molar-refractivity contribution is 5.50. The van der Waals surface area contributed by atoms with Gasteiger partial charge in [-0.3, -0.25) is 0 Å². The lowest BCUT2D eigenvalue weighted by Crippen LogP contribution is -2.28. The molecule has 1 aromatic heterocycles. The molecule has 1 aliphatic heterocycles. The lowest BCUT2D eigenvalue weighted by atomic mass is 10.2. The van der Waals surface area contributed by atoms with Crippen molar-refractivity contribution in [2.75, 3.05) is 23.8 Å². The molecule has 0 bridgehead atoms. The van der Waals surface area contributed by atoms with Crippen LogP contribution in [0.2, 0.25) is 0 Å². The van der Waals surface area contributed by atoms with Crippen LogP contribution in [0, 0.1) is 12.3 Å². The van der Waals surface area contributed by atoms with E-state index in [4.69, 9.17) is 6.42 Å². The van der Waals surface area contributed by atoms with E-state index in [0.717, 1.165) is 30.9 Å². The Kier molecular flexibility index (Phi) is 2.77. The van der Waals surface area contributed by atoms with Crippen molar-refractivity contribution in [3.8, 4) is 12.3 Å². The van der Waals surface area contributed by atoms with E-state index in [2.05, 4.69) is 21.1 Å². The summed E-state index contributed by atoms with van der Waals surface area (Å²) in [5.74, 6) is 3.79. The summed E-state index contributed by atoms with van der Waals surface area (Å²) in [7, 11) is 1.89. The lowest BCUT2D eigenvalue weighted by molar-refractivity contribution is 0.819. The summed E-state index contributed by atoms with van der Waals surface area (Å²) < 4.78 is 0. The van der Waals surface area contributed by atoms with Gasteiger partial charge >= 0.3 is 0 Å². The maximum Gasteiger partial charge on any atom is 0.129 e. The summed E-state index contributed by atoms with van der Waals surface area (Å²) in [6, 6.07) is 4.26. The van der Waals surface area contributed by atoms with Gasteiger partial charge in [0.15, 0.2) is 0 Å². The number of aromatic nitrogens is 1. The Balaban J connectivity index is 2.19. The summed E-state index contributed by atoms with van der Waals surface area (Å²) in [4.78, 5) is 6.59. The number of terminal acetylenes is 1. The minimum absolute atomic E-state index is 0.220. The second-order valence-electron chi connectivity index (χ2n) is 3.67. The third kappa shape index (κ3) is 1.89. The number of anilines is 2. The molecule has 78 valence electrons. The van der Waals surface area contributed by atoms with Crippen molar-refractivity contribution >= 4 is 11.5 Å². The molecule has 1 unspecified atom stereocenters. The van der Waals surface area contributed by atoms with Gasteiger partial charge < -0.3 is 10.2 Å². The smallest absolute Gasteiger partial charge is 0.129 e. The van der Waals surface area contributed by atoms with E-state index < -0.39 is 0 Å². The van der Waals surface area contributed by atoms with Gasteiger partial charge in [0, 0.05) is 13.6 Å². The van der Waals surface area contributed by atoms with Crippen molar-refractivity contribution in [3.05, 3.63) is 18.3 Å². The van der Waals surface area contributed by atoms with Crippen LogP contribution in [0.5, 0.6) is 0 Å². The van der Waals surface area contributed by atoms with E-state index in [1.54, 1.807) is 0 Å². The van der Waals surface area contributed by atoms with Crippen LogP contribution in [0.25, 0.3) is 0 Å². The standard InChI is InChI=1S/C12H15N3/c1-3-11-5-4-8-15(11)12-7-6-10(13-2)9-14-12/h1,6-7,9,11,13H,4-5,8H2,2H3. The van der Waals surface area contributed by atoms with Crippen molar-refractivity contribution in [1.82, 2.24) is 4.98 Å². The van der Waals surface area contributed by atoms with Gasteiger partial charge in [-0.05, 0) is 25.0 Å². The van der Waals surface area contributed by atoms with Crippen LogP contribution in [0.3, 0.4) is 0 Å². The van der Waals surface area contributed by atoms with Gasteiger partial charge in [0.05, 0.1) is 17.9 Å². The first-order chi connectivity index (χ1) is 7.35. The van der Waals surface area contributed by atoms with Crippen LogP contribution in [0.1, 0.15) is 12.8 Å². The highest BCUT2D eigenvalue weighted by Crippen LogP contribution is 2.23. The van der Waals surface area contributed by atoms with Crippen LogP contribution in [0.4, 0.5) is 11.5 Å². The van der Waals surface area contributed by atoms with Crippen LogP contribution in [0.15, 0.2) is 18.3 Å². The molecule has 0 spiro atoms. The average Bonchev–Trinajstić information content (AvgIpc) is 2.77. The number of hydrogen-bond acceptors (Lipinski definition) is 3. The van der Waals surface area contributed by atoms with Crippen molar-refractivity contribution < 1.29 is 0 Å². The zero-order valence-electron chi connectivity index (χ0n) is 8.90. The third-order valence-corrected chi connectivity index (χ3v) is 2.78. The van der Waals surface area contributed by atoms with Crippen LogP contribution in [-0.2, 0) is 0 Å². The van der Waals surface area contributed by atoms with E-state index in [9.17, 15) is 0 Å². The fourth-order valence-electron chi connectivity index (χ4n) is 1.92. The number of pyridine rings is 1. The van der Waals surface area contributed by atoms with Gasteiger partial charge in [-0.2, -0.15) is 0 Å². The Hall–Kier alpha value is -1.69. The van der Waals surface area contributed by atoms with Gasteiger partial charge in [-0.15, -0.1) is 6.42 Å². The summed E-state index contributed by atoms with van der Waals surface area (Å²) in [5, 5.41) is 3.05. The molecule has 1 N–H and O–H groups in total. The zero-order chi connectivity index (χ0) is 10.7. The molecule has 3 heteroatoms. The van der Waals surface area contributed by atoms with Gasteiger partial charge in [-0.25, -0.2) is 4.98 Å². The Morgan fingerprint density at radius 3 is 3.07 bits per heavy atom. The molecule has 2 rings (SSSR count). The fourth-order valence-corrected chi connectivity index (χ4v) is 1.92. The Morgan fingerprint density at radius 1 is 1.60 bits per heavy atom. The summed E-state index contributed by atoms with van der Waals surface area (Å²) in [6.45, 7) is 1.01. The largest absolute Gasteiger partial charge is 0.387 e. The Morgan fingerprint density at radius 2 is 2.47 bits per heavy atom. The summed E-state index contributed by atoms with van der Waals surface area (Å²) in [6.07, 6.45) is 9.55. The van der Waals surface area contributed by atoms with Crippen molar-refractivity contribution in [2.45, 2.75) is 18.9 Å². The highest BCUT2D eigenvalue weighted by Gasteiger charge is 2.23. The molecular formula is C12H15N3. The monoisotopic (exact) mass is 201 g/mol. The number of hydrogen-bond donors (Lipinski definition) is 1. The molecule has 3 nitrogen and oxygen atoms in total. The molecule has 0 aliphatic carbocycles. The first-order valence-corrected chi connectivity index (χ1v) is 5.21. The maximum atomic E-state index is 5.49. The highest BCUT2D eigenvalue weighted by atomic mass is 15.2. The molecule has 0 aromatic carbocycles. The van der Waals surface area contributed by atoms with Crippen LogP contribution < -0.4 is 10.2 Å². The predicted octanol–water partition coefficient (Wildman–Crippen LogP) is 1.73. The minimum Gasteiger partial charge on any atom is -0.387 e. The molecule has 15 heavy (non-hydrogen) atoms. The summed E-state index contributed by atoms with van der Waals surface area (Å²) in [5.41, 5.74) is 1.02. The number of nitrogens with zero attached hydrogens (tertiary/aromatic N) is 2. The normalized spacial score (nSPS) is 20.0. The van der Waals surface area contributed by atoms with Crippen molar-refractivity contribution in [1.29, 1.82) is 0 Å². The predicted molar refractivity (Wildman–Crippen MR) is 63.0 cm³/mol. The minimum atomic E-state index is 0.220. The second kappa shape index (κ2) is 4.22. The van der Waals surface area contributed by atoms with Crippen LogP contribution >= 0.6 is 0 Å². The van der Waals surface area contributed by atoms with Crippen molar-refractivity contribution in [3.63, 3.8) is 0 Å². The van der Waals surface area contributed by atoms with E-state index in [-0.39, 0.29) is 6.04 Å². The third-order valence-electron chi connectivity index (χ3n) is 2.78. The number of rotatable bonds is 2. The van der Waals surface area contributed by atoms with Crippen LogP contribution in [-0.4, -0.2) is 24.6 Å². The molecule has 1 aliphatic rings. The number of nitrogens with one attached hydrogen (secondary N) is 1. The first kappa shape index (κ1) is 9.85. The SMILES string of the molecule is C#CC1CCCN1c1ccc(NC)cn1. The quantitative estimate of drug-likeness (QED) is 0.738. The molecule has 0 saturated carbocycles. The maximum absolute atomic E-state index is 5.49. The summed E-state index contributed by atoms with van der Waals surface area (Å²) >= 11 is 0. The molecule has 1 atom stereocenters. The van der Waals surface area contributed by atoms with Crippen molar-refractivity contribution in [2.24, 2.45) is 0 Å². The second-order valence-corrected chi connectivity index (χ2v) is 3.67.